The van der Waals surface area contributed by atoms with Gasteiger partial charge in [0.25, 0.3) is 5.91 Å². The first-order valence-corrected chi connectivity index (χ1v) is 32.0. The summed E-state index contributed by atoms with van der Waals surface area (Å²) >= 11 is 0. The van der Waals surface area contributed by atoms with Crippen molar-refractivity contribution >= 4 is 17.8 Å². The minimum absolute atomic E-state index is 0.0219. The summed E-state index contributed by atoms with van der Waals surface area (Å²) in [5, 5.41) is 0. The second-order valence-electron chi connectivity index (χ2n) is 21.2. The maximum atomic E-state index is 14.4. The van der Waals surface area contributed by atoms with Crippen molar-refractivity contribution in [3.8, 4) is 0 Å². The van der Waals surface area contributed by atoms with Crippen LogP contribution in [-0.4, -0.2) is 127 Å². The summed E-state index contributed by atoms with van der Waals surface area (Å²) in [5.41, 5.74) is 0. The molecule has 0 bridgehead atoms. The lowest BCUT2D eigenvalue weighted by Crippen LogP contribution is -2.45. The van der Waals surface area contributed by atoms with E-state index in [1.807, 2.05) is 11.8 Å². The van der Waals surface area contributed by atoms with Crippen LogP contribution < -0.4 is 0 Å². The Morgan fingerprint density at radius 2 is 0.693 bits per heavy atom. The molecule has 12 nitrogen and oxygen atoms in total. The fourth-order valence-corrected chi connectivity index (χ4v) is 9.32. The van der Waals surface area contributed by atoms with Crippen LogP contribution in [0.15, 0.2) is 0 Å². The van der Waals surface area contributed by atoms with Gasteiger partial charge in [0.1, 0.15) is 12.2 Å². The Hall–Kier alpha value is -1.83. The van der Waals surface area contributed by atoms with Gasteiger partial charge in [-0.05, 0) is 90.4 Å². The van der Waals surface area contributed by atoms with E-state index < -0.39 is 6.10 Å². The predicted octanol–water partition coefficient (Wildman–Crippen LogP) is 16.0. The molecule has 0 aliphatic heterocycles. The van der Waals surface area contributed by atoms with E-state index in [1.54, 1.807) is 0 Å². The molecule has 0 fully saturated rings. The highest BCUT2D eigenvalue weighted by molar-refractivity contribution is 5.81. The Kier molecular flexibility index (Phi) is 58.4. The number of amides is 1. The van der Waals surface area contributed by atoms with Crippen LogP contribution in [0.1, 0.15) is 286 Å². The van der Waals surface area contributed by atoms with Gasteiger partial charge in [-0.2, -0.15) is 0 Å². The number of esters is 2. The molecular weight excluding hydrogens is 947 g/mol. The lowest BCUT2D eigenvalue weighted by atomic mass is 10.0. The number of rotatable bonds is 62. The number of hydrogen-bond acceptors (Lipinski definition) is 11. The van der Waals surface area contributed by atoms with E-state index in [0.29, 0.717) is 92.0 Å². The molecule has 0 aromatic heterocycles. The van der Waals surface area contributed by atoms with Gasteiger partial charge in [0.2, 0.25) is 0 Å². The number of unbranched alkanes of at least 4 members (excludes halogenated alkanes) is 25. The largest absolute Gasteiger partial charge is 0.462 e. The fraction of sp³-hybridized carbons (Fsp3) is 0.952. The van der Waals surface area contributed by atoms with E-state index in [0.717, 1.165) is 109 Å². The highest BCUT2D eigenvalue weighted by Crippen LogP contribution is 2.20. The number of hydrogen-bond donors (Lipinski definition) is 0. The fourth-order valence-electron chi connectivity index (χ4n) is 9.32. The van der Waals surface area contributed by atoms with Gasteiger partial charge in [-0.25, -0.2) is 0 Å². The van der Waals surface area contributed by atoms with Crippen LogP contribution in [0, 0.1) is 0 Å². The summed E-state index contributed by atoms with van der Waals surface area (Å²) in [6.07, 6.45) is 39.8. The van der Waals surface area contributed by atoms with E-state index in [-0.39, 0.29) is 36.7 Å². The minimum Gasteiger partial charge on any atom is -0.462 e. The topological polar surface area (TPSA) is 128 Å². The van der Waals surface area contributed by atoms with Gasteiger partial charge >= 0.3 is 11.9 Å². The molecule has 0 radical (unpaired) electrons. The molecule has 1 amide bonds. The first-order chi connectivity index (χ1) is 36.9. The highest BCUT2D eigenvalue weighted by atomic mass is 16.6. The number of nitrogens with zero attached hydrogens (tertiary/aromatic N) is 1. The molecule has 0 rings (SSSR count). The first-order valence-electron chi connectivity index (χ1n) is 32.0. The molecule has 3 unspecified atom stereocenters. The van der Waals surface area contributed by atoms with Crippen molar-refractivity contribution in [2.75, 3.05) is 85.8 Å². The van der Waals surface area contributed by atoms with E-state index in [1.165, 1.54) is 122 Å². The highest BCUT2D eigenvalue weighted by Gasteiger charge is 2.26. The molecular formula is C63H123NO11. The smallest absolute Gasteiger partial charge is 0.306 e. The monoisotopic (exact) mass is 1070 g/mol. The predicted molar refractivity (Wildman–Crippen MR) is 310 cm³/mol. The Morgan fingerprint density at radius 3 is 1.13 bits per heavy atom. The molecule has 0 aromatic carbocycles. The molecule has 0 saturated heterocycles. The average Bonchev–Trinajstić information content (AvgIpc) is 3.41. The van der Waals surface area contributed by atoms with E-state index >= 15 is 0 Å². The molecule has 0 aromatic rings. The van der Waals surface area contributed by atoms with Gasteiger partial charge in [-0.15, -0.1) is 0 Å². The van der Waals surface area contributed by atoms with Crippen LogP contribution in [0.4, 0.5) is 0 Å². The zero-order chi connectivity index (χ0) is 54.8. The second-order valence-corrected chi connectivity index (χ2v) is 21.2. The third kappa shape index (κ3) is 51.4. The average molecular weight is 1070 g/mol. The molecule has 0 saturated carbocycles. The second kappa shape index (κ2) is 59.8. The Bertz CT molecular complexity index is 1190. The molecule has 0 aliphatic rings. The van der Waals surface area contributed by atoms with Crippen molar-refractivity contribution in [2.45, 2.75) is 304 Å². The number of carbonyl (C=O) groups excluding carboxylic acids is 3. The zero-order valence-corrected chi connectivity index (χ0v) is 50.2. The summed E-state index contributed by atoms with van der Waals surface area (Å²) in [7, 11) is 0. The minimum atomic E-state index is -0.743. The standard InChI is InChI=1S/C63H123NO11/c1-7-13-18-23-26-33-42-58(40-31-21-16-10-4)74-61(65)44-35-29-38-48-72-57-60(73-49-39-30-36-45-62(66)75-59(41-32-22-17-11-5)43-34-27-24-19-14-8-2)63(67)64(46-37-28-25-20-15-9-3)47-50-69-53-54-71-56-55-70-52-51-68-12-6/h58-60H,7-57H2,1-6H3. The van der Waals surface area contributed by atoms with Gasteiger partial charge in [-0.3, -0.25) is 14.4 Å². The van der Waals surface area contributed by atoms with Crippen LogP contribution in [0.5, 0.6) is 0 Å². The first kappa shape index (κ1) is 73.2. The van der Waals surface area contributed by atoms with Gasteiger partial charge in [0, 0.05) is 45.8 Å². The number of ether oxygens (including phenoxy) is 8. The molecule has 3 atom stereocenters. The third-order valence-corrected chi connectivity index (χ3v) is 14.1. The van der Waals surface area contributed by atoms with E-state index in [4.69, 9.17) is 37.9 Å². The lowest BCUT2D eigenvalue weighted by molar-refractivity contribution is -0.151. The SMILES string of the molecule is CCCCCCCCC(CCCCCC)OC(=O)CCCCCOCC(OCCCCCC(=O)OC(CCCCCC)CCCCCCCC)C(=O)N(CCCCCCCC)CCOCCOCCOCCOCC. The van der Waals surface area contributed by atoms with Crippen molar-refractivity contribution in [3.05, 3.63) is 0 Å². The van der Waals surface area contributed by atoms with Gasteiger partial charge in [0.15, 0.2) is 6.10 Å². The van der Waals surface area contributed by atoms with Crippen molar-refractivity contribution in [1.29, 1.82) is 0 Å². The third-order valence-electron chi connectivity index (χ3n) is 14.1. The normalized spacial score (nSPS) is 12.8. The molecule has 0 N–H and O–H groups in total. The van der Waals surface area contributed by atoms with Crippen LogP contribution >= 0.6 is 0 Å². The lowest BCUT2D eigenvalue weighted by Gasteiger charge is -2.28. The molecule has 0 heterocycles. The number of carbonyl (C=O) groups is 3. The zero-order valence-electron chi connectivity index (χ0n) is 50.2. The van der Waals surface area contributed by atoms with Gasteiger partial charge < -0.3 is 42.8 Å². The summed E-state index contributed by atoms with van der Waals surface area (Å²) < 4.78 is 47.2. The van der Waals surface area contributed by atoms with Crippen molar-refractivity contribution < 1.29 is 52.3 Å². The van der Waals surface area contributed by atoms with E-state index in [9.17, 15) is 14.4 Å². The van der Waals surface area contributed by atoms with E-state index in [2.05, 4.69) is 34.6 Å². The van der Waals surface area contributed by atoms with Crippen LogP contribution in [0.25, 0.3) is 0 Å². The quantitative estimate of drug-likeness (QED) is 0.0426. The molecule has 0 aliphatic carbocycles. The Morgan fingerprint density at radius 1 is 0.333 bits per heavy atom. The summed E-state index contributed by atoms with van der Waals surface area (Å²) in [6.45, 7) is 19.4. The maximum Gasteiger partial charge on any atom is 0.306 e. The van der Waals surface area contributed by atoms with Crippen molar-refractivity contribution in [3.63, 3.8) is 0 Å². The Labute approximate surface area is 463 Å². The molecule has 12 heteroatoms. The molecule has 0 spiro atoms. The van der Waals surface area contributed by atoms with Crippen LogP contribution in [0.2, 0.25) is 0 Å². The Balaban J connectivity index is 5.43. The van der Waals surface area contributed by atoms with Crippen molar-refractivity contribution in [2.24, 2.45) is 0 Å². The molecule has 446 valence electrons. The van der Waals surface area contributed by atoms with Gasteiger partial charge in [0.05, 0.1) is 52.9 Å². The van der Waals surface area contributed by atoms with Crippen LogP contribution in [0.3, 0.4) is 0 Å². The summed E-state index contributed by atoms with van der Waals surface area (Å²) in [5.74, 6) is -0.239. The van der Waals surface area contributed by atoms with Gasteiger partial charge in [-0.1, -0.05) is 182 Å². The van der Waals surface area contributed by atoms with Crippen molar-refractivity contribution in [1.82, 2.24) is 4.90 Å². The summed E-state index contributed by atoms with van der Waals surface area (Å²) in [6, 6.07) is 0. The maximum absolute atomic E-state index is 14.4. The summed E-state index contributed by atoms with van der Waals surface area (Å²) in [4.78, 5) is 42.3. The van der Waals surface area contributed by atoms with Crippen LogP contribution in [-0.2, 0) is 52.3 Å². The molecule has 75 heavy (non-hydrogen) atoms.